The highest BCUT2D eigenvalue weighted by Crippen LogP contribution is 2.37. The second-order valence-electron chi connectivity index (χ2n) is 6.77. The number of alkyl halides is 3. The van der Waals surface area contributed by atoms with Crippen LogP contribution in [0.4, 0.5) is 30.6 Å². The molecule has 0 spiro atoms. The summed E-state index contributed by atoms with van der Waals surface area (Å²) in [5, 5.41) is 3.44. The normalized spacial score (nSPS) is 15.3. The Morgan fingerprint density at radius 3 is 2.52 bits per heavy atom. The minimum atomic E-state index is -4.57. The van der Waals surface area contributed by atoms with Gasteiger partial charge in [0.25, 0.3) is 0 Å². The van der Waals surface area contributed by atoms with E-state index >= 15 is 0 Å². The number of esters is 1. The Kier molecular flexibility index (Phi) is 6.46. The van der Waals surface area contributed by atoms with Crippen molar-refractivity contribution in [2.24, 2.45) is 5.92 Å². The molecule has 1 saturated heterocycles. The molecule has 0 radical (unpaired) electrons. The second kappa shape index (κ2) is 8.86. The molecule has 156 valence electrons. The molecule has 6 nitrogen and oxygen atoms in total. The molecular weight excluding hydrogens is 409 g/mol. The third-order valence-corrected chi connectivity index (χ3v) is 5.02. The number of anilines is 3. The van der Waals surface area contributed by atoms with Gasteiger partial charge in [-0.25, -0.2) is 4.98 Å². The van der Waals surface area contributed by atoms with Gasteiger partial charge in [-0.1, -0.05) is 11.6 Å². The van der Waals surface area contributed by atoms with E-state index in [1.165, 1.54) is 7.11 Å². The molecule has 0 unspecified atom stereocenters. The van der Waals surface area contributed by atoms with E-state index < -0.39 is 11.7 Å². The van der Waals surface area contributed by atoms with Crippen LogP contribution in [0.15, 0.2) is 30.5 Å². The number of carbonyl (C=O) groups is 1. The number of piperidine rings is 1. The average Bonchev–Trinajstić information content (AvgIpc) is 2.69. The van der Waals surface area contributed by atoms with Crippen LogP contribution in [0.5, 0.6) is 0 Å². The summed E-state index contributed by atoms with van der Waals surface area (Å²) in [6.45, 7) is 0.726. The van der Waals surface area contributed by atoms with Gasteiger partial charge in [-0.3, -0.25) is 4.79 Å². The minimum absolute atomic E-state index is 0.0620. The van der Waals surface area contributed by atoms with E-state index in [1.807, 2.05) is 0 Å². The van der Waals surface area contributed by atoms with Crippen molar-refractivity contribution < 1.29 is 22.7 Å². The number of hydrogen-bond donors (Lipinski definition) is 1. The van der Waals surface area contributed by atoms with E-state index in [2.05, 4.69) is 20.0 Å². The highest BCUT2D eigenvalue weighted by atomic mass is 35.5. The van der Waals surface area contributed by atoms with E-state index in [-0.39, 0.29) is 30.1 Å². The van der Waals surface area contributed by atoms with Crippen molar-refractivity contribution in [3.8, 4) is 0 Å². The highest BCUT2D eigenvalue weighted by Gasteiger charge is 2.37. The molecule has 1 fully saturated rings. The standard InChI is InChI=1S/C19H20ClF3N4O2/c1-29-16(28)10-12-6-8-27(9-7-12)17-15(19(21,22)23)11-24-18(26-17)25-14-4-2-13(20)3-5-14/h2-5,11-12H,6-10H2,1H3,(H,24,25,26). The number of benzene rings is 1. The number of hydrogen-bond acceptors (Lipinski definition) is 6. The van der Waals surface area contributed by atoms with E-state index in [1.54, 1.807) is 29.2 Å². The first kappa shape index (κ1) is 21.2. The fourth-order valence-electron chi connectivity index (χ4n) is 3.20. The summed E-state index contributed by atoms with van der Waals surface area (Å²) < 4.78 is 45.2. The Labute approximate surface area is 171 Å². The first-order chi connectivity index (χ1) is 13.8. The van der Waals surface area contributed by atoms with Gasteiger partial charge in [0.2, 0.25) is 5.95 Å². The van der Waals surface area contributed by atoms with Gasteiger partial charge >= 0.3 is 12.1 Å². The molecule has 1 aromatic carbocycles. The lowest BCUT2D eigenvalue weighted by Gasteiger charge is -2.33. The minimum Gasteiger partial charge on any atom is -0.469 e. The summed E-state index contributed by atoms with van der Waals surface area (Å²) in [7, 11) is 1.32. The Hall–Kier alpha value is -2.55. The maximum Gasteiger partial charge on any atom is 0.421 e. The molecule has 1 aliphatic rings. The molecular formula is C19H20ClF3N4O2. The van der Waals surface area contributed by atoms with Gasteiger partial charge in [0.05, 0.1) is 7.11 Å². The Balaban J connectivity index is 1.80. The predicted molar refractivity (Wildman–Crippen MR) is 103 cm³/mol. The van der Waals surface area contributed by atoms with Gasteiger partial charge in [-0.2, -0.15) is 18.2 Å². The Bertz CT molecular complexity index is 854. The summed E-state index contributed by atoms with van der Waals surface area (Å²) in [5.41, 5.74) is -0.275. The Morgan fingerprint density at radius 2 is 1.93 bits per heavy atom. The third kappa shape index (κ3) is 5.50. The molecule has 0 bridgehead atoms. The number of halogens is 4. The number of nitrogens with one attached hydrogen (secondary N) is 1. The van der Waals surface area contributed by atoms with Gasteiger partial charge < -0.3 is 15.0 Å². The van der Waals surface area contributed by atoms with Crippen LogP contribution in [0.3, 0.4) is 0 Å². The summed E-state index contributed by atoms with van der Waals surface area (Å²) in [6, 6.07) is 6.67. The zero-order valence-electron chi connectivity index (χ0n) is 15.7. The van der Waals surface area contributed by atoms with Crippen LogP contribution in [0.1, 0.15) is 24.8 Å². The fourth-order valence-corrected chi connectivity index (χ4v) is 3.33. The van der Waals surface area contributed by atoms with Crippen LogP contribution in [0.2, 0.25) is 5.02 Å². The van der Waals surface area contributed by atoms with Gasteiger partial charge in [-0.15, -0.1) is 0 Å². The van der Waals surface area contributed by atoms with E-state index in [0.717, 1.165) is 6.20 Å². The molecule has 3 rings (SSSR count). The zero-order chi connectivity index (χ0) is 21.0. The van der Waals surface area contributed by atoms with Crippen LogP contribution in [-0.2, 0) is 15.7 Å². The molecule has 1 N–H and O–H groups in total. The first-order valence-corrected chi connectivity index (χ1v) is 9.42. The van der Waals surface area contributed by atoms with Crippen molar-refractivity contribution >= 4 is 35.0 Å². The smallest absolute Gasteiger partial charge is 0.421 e. The van der Waals surface area contributed by atoms with Crippen molar-refractivity contribution in [3.05, 3.63) is 41.0 Å². The SMILES string of the molecule is COC(=O)CC1CCN(c2nc(Nc3ccc(Cl)cc3)ncc2C(F)(F)F)CC1. The first-order valence-electron chi connectivity index (χ1n) is 9.05. The van der Waals surface area contributed by atoms with Crippen LogP contribution < -0.4 is 10.2 Å². The van der Waals surface area contributed by atoms with Crippen molar-refractivity contribution in [1.82, 2.24) is 9.97 Å². The van der Waals surface area contributed by atoms with Crippen molar-refractivity contribution in [2.75, 3.05) is 30.4 Å². The van der Waals surface area contributed by atoms with Crippen LogP contribution in [-0.4, -0.2) is 36.1 Å². The van der Waals surface area contributed by atoms with Crippen LogP contribution >= 0.6 is 11.6 Å². The fraction of sp³-hybridized carbons (Fsp3) is 0.421. The highest BCUT2D eigenvalue weighted by molar-refractivity contribution is 6.30. The lowest BCUT2D eigenvalue weighted by molar-refractivity contribution is -0.141. The summed E-state index contributed by atoms with van der Waals surface area (Å²) in [5.74, 6) is -0.329. The molecule has 10 heteroatoms. The zero-order valence-corrected chi connectivity index (χ0v) is 16.4. The predicted octanol–water partition coefficient (Wildman–Crippen LogP) is 4.67. The second-order valence-corrected chi connectivity index (χ2v) is 7.21. The molecule has 0 saturated carbocycles. The van der Waals surface area contributed by atoms with Gasteiger partial charge in [0, 0.05) is 36.4 Å². The lowest BCUT2D eigenvalue weighted by atomic mass is 9.93. The quantitative estimate of drug-likeness (QED) is 0.698. The van der Waals surface area contributed by atoms with Crippen molar-refractivity contribution in [3.63, 3.8) is 0 Å². The molecule has 0 aliphatic carbocycles. The average molecular weight is 429 g/mol. The van der Waals surface area contributed by atoms with E-state index in [4.69, 9.17) is 11.6 Å². The summed E-state index contributed by atoms with van der Waals surface area (Å²) in [4.78, 5) is 21.0. The molecule has 0 amide bonds. The molecule has 2 heterocycles. The van der Waals surface area contributed by atoms with Gasteiger partial charge in [-0.05, 0) is 43.0 Å². The Morgan fingerprint density at radius 1 is 1.28 bits per heavy atom. The lowest BCUT2D eigenvalue weighted by Crippen LogP contribution is -2.36. The largest absolute Gasteiger partial charge is 0.469 e. The van der Waals surface area contributed by atoms with E-state index in [0.29, 0.717) is 36.6 Å². The van der Waals surface area contributed by atoms with Gasteiger partial charge in [0.1, 0.15) is 11.4 Å². The number of methoxy groups -OCH3 is 1. The molecule has 2 aromatic rings. The number of nitrogens with zero attached hydrogens (tertiary/aromatic N) is 3. The van der Waals surface area contributed by atoms with Crippen LogP contribution in [0.25, 0.3) is 0 Å². The molecule has 1 aromatic heterocycles. The van der Waals surface area contributed by atoms with E-state index in [9.17, 15) is 18.0 Å². The van der Waals surface area contributed by atoms with Gasteiger partial charge in [0.15, 0.2) is 0 Å². The number of rotatable bonds is 5. The van der Waals surface area contributed by atoms with Crippen molar-refractivity contribution in [1.29, 1.82) is 0 Å². The maximum absolute atomic E-state index is 13.5. The number of ether oxygens (including phenoxy) is 1. The van der Waals surface area contributed by atoms with Crippen molar-refractivity contribution in [2.45, 2.75) is 25.4 Å². The molecule has 29 heavy (non-hydrogen) atoms. The maximum atomic E-state index is 13.5. The molecule has 1 aliphatic heterocycles. The molecule has 0 atom stereocenters. The number of aromatic nitrogens is 2. The summed E-state index contributed by atoms with van der Waals surface area (Å²) >= 11 is 5.85. The topological polar surface area (TPSA) is 67.3 Å². The number of carbonyl (C=O) groups excluding carboxylic acids is 1. The van der Waals surface area contributed by atoms with Crippen LogP contribution in [0, 0.1) is 5.92 Å². The third-order valence-electron chi connectivity index (χ3n) is 4.77. The summed E-state index contributed by atoms with van der Waals surface area (Å²) in [6.07, 6.45) is -2.35. The monoisotopic (exact) mass is 428 g/mol.